The van der Waals surface area contributed by atoms with Gasteiger partial charge in [0.05, 0.1) is 18.6 Å². The molecule has 14 heavy (non-hydrogen) atoms. The first-order chi connectivity index (χ1) is 6.77. The van der Waals surface area contributed by atoms with Crippen molar-refractivity contribution < 1.29 is 9.53 Å². The highest BCUT2D eigenvalue weighted by molar-refractivity contribution is 7.99. The smallest absolute Gasteiger partial charge is 0.174 e. The van der Waals surface area contributed by atoms with Gasteiger partial charge in [-0.3, -0.25) is 9.78 Å². The maximum absolute atomic E-state index is 11.5. The number of carbonyl (C=O) groups excluding carboxylic acids is 1. The van der Waals surface area contributed by atoms with E-state index in [4.69, 9.17) is 4.74 Å². The summed E-state index contributed by atoms with van der Waals surface area (Å²) >= 11 is 1.51. The Balaban J connectivity index is 2.77. The molecule has 4 heteroatoms. The molecule has 0 fully saturated rings. The molecule has 0 spiro atoms. The van der Waals surface area contributed by atoms with Crippen molar-refractivity contribution in [2.75, 3.05) is 18.6 Å². The lowest BCUT2D eigenvalue weighted by Crippen LogP contribution is -2.03. The van der Waals surface area contributed by atoms with Gasteiger partial charge in [-0.25, -0.2) is 0 Å². The SMILES string of the molecule is CCOc1cncc(C(=O)CSC)c1. The second kappa shape index (κ2) is 5.65. The van der Waals surface area contributed by atoms with E-state index < -0.39 is 0 Å². The molecule has 0 aliphatic carbocycles. The van der Waals surface area contributed by atoms with Crippen LogP contribution in [-0.2, 0) is 0 Å². The Kier molecular flexibility index (Phi) is 4.46. The fraction of sp³-hybridized carbons (Fsp3) is 0.400. The lowest BCUT2D eigenvalue weighted by molar-refractivity contribution is 0.102. The van der Waals surface area contributed by atoms with Crippen LogP contribution in [0.25, 0.3) is 0 Å². The fourth-order valence-corrected chi connectivity index (χ4v) is 1.46. The molecule has 0 unspecified atom stereocenters. The zero-order valence-electron chi connectivity index (χ0n) is 8.32. The van der Waals surface area contributed by atoms with Crippen LogP contribution in [0.5, 0.6) is 5.75 Å². The third-order valence-electron chi connectivity index (χ3n) is 1.62. The van der Waals surface area contributed by atoms with Crippen molar-refractivity contribution in [3.05, 3.63) is 24.0 Å². The van der Waals surface area contributed by atoms with Crippen molar-refractivity contribution in [3.63, 3.8) is 0 Å². The number of ketones is 1. The van der Waals surface area contributed by atoms with Crippen LogP contribution >= 0.6 is 11.8 Å². The second-order valence-corrected chi connectivity index (χ2v) is 3.56. The largest absolute Gasteiger partial charge is 0.492 e. The first kappa shape index (κ1) is 11.0. The Bertz CT molecular complexity index is 315. The van der Waals surface area contributed by atoms with E-state index in [2.05, 4.69) is 4.98 Å². The number of carbonyl (C=O) groups is 1. The van der Waals surface area contributed by atoms with Crippen LogP contribution in [0.15, 0.2) is 18.5 Å². The molecule has 0 aliphatic rings. The summed E-state index contributed by atoms with van der Waals surface area (Å²) in [6.07, 6.45) is 5.08. The van der Waals surface area contributed by atoms with Crippen molar-refractivity contribution in [3.8, 4) is 5.75 Å². The summed E-state index contributed by atoms with van der Waals surface area (Å²) in [6, 6.07) is 1.73. The third-order valence-corrected chi connectivity index (χ3v) is 2.17. The molecule has 1 aromatic rings. The van der Waals surface area contributed by atoms with Gasteiger partial charge in [-0.1, -0.05) is 0 Å². The summed E-state index contributed by atoms with van der Waals surface area (Å²) in [5, 5.41) is 0. The minimum Gasteiger partial charge on any atom is -0.492 e. The number of ether oxygens (including phenoxy) is 1. The van der Waals surface area contributed by atoms with Gasteiger partial charge in [0, 0.05) is 11.8 Å². The first-order valence-corrected chi connectivity index (χ1v) is 5.77. The van der Waals surface area contributed by atoms with E-state index in [-0.39, 0.29) is 5.78 Å². The van der Waals surface area contributed by atoms with E-state index in [0.29, 0.717) is 23.7 Å². The molecule has 1 aromatic heterocycles. The summed E-state index contributed by atoms with van der Waals surface area (Å²) in [5.74, 6) is 1.23. The Morgan fingerprint density at radius 3 is 3.00 bits per heavy atom. The molecule has 0 saturated heterocycles. The van der Waals surface area contributed by atoms with Crippen molar-refractivity contribution in [2.24, 2.45) is 0 Å². The van der Waals surface area contributed by atoms with Crippen molar-refractivity contribution in [2.45, 2.75) is 6.92 Å². The van der Waals surface area contributed by atoms with Gasteiger partial charge in [-0.05, 0) is 19.2 Å². The van der Waals surface area contributed by atoms with E-state index in [1.165, 1.54) is 11.8 Å². The zero-order valence-corrected chi connectivity index (χ0v) is 9.13. The monoisotopic (exact) mass is 211 g/mol. The first-order valence-electron chi connectivity index (χ1n) is 4.38. The molecule has 76 valence electrons. The van der Waals surface area contributed by atoms with E-state index in [1.807, 2.05) is 13.2 Å². The maximum atomic E-state index is 11.5. The maximum Gasteiger partial charge on any atom is 0.174 e. The van der Waals surface area contributed by atoms with Gasteiger partial charge in [-0.2, -0.15) is 11.8 Å². The highest BCUT2D eigenvalue weighted by Gasteiger charge is 2.06. The molecule has 0 aliphatic heterocycles. The molecule has 0 bridgehead atoms. The van der Waals surface area contributed by atoms with Crippen LogP contribution in [0.3, 0.4) is 0 Å². The second-order valence-electron chi connectivity index (χ2n) is 2.70. The van der Waals surface area contributed by atoms with Crippen LogP contribution in [0.1, 0.15) is 17.3 Å². The Hall–Kier alpha value is -1.03. The van der Waals surface area contributed by atoms with Crippen LogP contribution < -0.4 is 4.74 Å². The standard InChI is InChI=1S/C10H13NO2S/c1-3-13-9-4-8(5-11-6-9)10(12)7-14-2/h4-6H,3,7H2,1-2H3. The van der Waals surface area contributed by atoms with Crippen molar-refractivity contribution >= 4 is 17.5 Å². The number of pyridine rings is 1. The zero-order chi connectivity index (χ0) is 10.4. The molecule has 0 N–H and O–H groups in total. The minimum absolute atomic E-state index is 0.0894. The number of Topliss-reactive ketones (excluding diaryl/α,β-unsaturated/α-hetero) is 1. The van der Waals surface area contributed by atoms with E-state index in [0.717, 1.165) is 0 Å². The summed E-state index contributed by atoms with van der Waals surface area (Å²) in [6.45, 7) is 2.48. The highest BCUT2D eigenvalue weighted by Crippen LogP contribution is 2.12. The molecular weight excluding hydrogens is 198 g/mol. The number of hydrogen-bond donors (Lipinski definition) is 0. The summed E-state index contributed by atoms with van der Waals surface area (Å²) in [5.41, 5.74) is 0.616. The molecule has 3 nitrogen and oxygen atoms in total. The number of hydrogen-bond acceptors (Lipinski definition) is 4. The quantitative estimate of drug-likeness (QED) is 0.698. The van der Waals surface area contributed by atoms with Crippen molar-refractivity contribution in [1.29, 1.82) is 0 Å². The van der Waals surface area contributed by atoms with Crippen molar-refractivity contribution in [1.82, 2.24) is 4.98 Å². The molecule has 0 saturated carbocycles. The Morgan fingerprint density at radius 1 is 1.57 bits per heavy atom. The lowest BCUT2D eigenvalue weighted by atomic mass is 10.2. The van der Waals surface area contributed by atoms with Crippen LogP contribution in [0.4, 0.5) is 0 Å². The summed E-state index contributed by atoms with van der Waals surface area (Å²) < 4.78 is 5.25. The molecule has 0 atom stereocenters. The molecule has 1 rings (SSSR count). The third kappa shape index (κ3) is 3.03. The Labute approximate surface area is 87.9 Å². The molecule has 0 amide bonds. The van der Waals surface area contributed by atoms with Gasteiger partial charge >= 0.3 is 0 Å². The average molecular weight is 211 g/mol. The average Bonchev–Trinajstić information content (AvgIpc) is 2.19. The van der Waals surface area contributed by atoms with Crippen LogP contribution in [0.2, 0.25) is 0 Å². The van der Waals surface area contributed by atoms with E-state index in [9.17, 15) is 4.79 Å². The summed E-state index contributed by atoms with van der Waals surface area (Å²) in [4.78, 5) is 15.4. The van der Waals surface area contributed by atoms with Gasteiger partial charge in [0.2, 0.25) is 0 Å². The predicted molar refractivity (Wildman–Crippen MR) is 58.1 cm³/mol. The number of rotatable bonds is 5. The van der Waals surface area contributed by atoms with Gasteiger partial charge in [0.15, 0.2) is 5.78 Å². The van der Waals surface area contributed by atoms with Gasteiger partial charge in [0.25, 0.3) is 0 Å². The highest BCUT2D eigenvalue weighted by atomic mass is 32.2. The van der Waals surface area contributed by atoms with Gasteiger partial charge < -0.3 is 4.74 Å². The van der Waals surface area contributed by atoms with E-state index >= 15 is 0 Å². The molecular formula is C10H13NO2S. The minimum atomic E-state index is 0.0894. The summed E-state index contributed by atoms with van der Waals surface area (Å²) in [7, 11) is 0. The normalized spacial score (nSPS) is 9.86. The number of nitrogens with zero attached hydrogens (tertiary/aromatic N) is 1. The lowest BCUT2D eigenvalue weighted by Gasteiger charge is -2.03. The molecule has 0 aromatic carbocycles. The molecule has 0 radical (unpaired) electrons. The van der Waals surface area contributed by atoms with Gasteiger partial charge in [0.1, 0.15) is 5.75 Å². The Morgan fingerprint density at radius 2 is 2.36 bits per heavy atom. The fourth-order valence-electron chi connectivity index (χ4n) is 1.03. The number of thioether (sulfide) groups is 1. The topological polar surface area (TPSA) is 39.2 Å². The van der Waals surface area contributed by atoms with Crippen LogP contribution in [0, 0.1) is 0 Å². The predicted octanol–water partition coefficient (Wildman–Crippen LogP) is 2.03. The molecule has 1 heterocycles. The van der Waals surface area contributed by atoms with Crippen LogP contribution in [-0.4, -0.2) is 29.4 Å². The number of aromatic nitrogens is 1. The van der Waals surface area contributed by atoms with E-state index in [1.54, 1.807) is 18.5 Å². The van der Waals surface area contributed by atoms with Gasteiger partial charge in [-0.15, -0.1) is 0 Å².